The lowest BCUT2D eigenvalue weighted by Crippen LogP contribution is -2.29. The molecule has 0 spiro atoms. The highest BCUT2D eigenvalue weighted by atomic mass is 16.4. The summed E-state index contributed by atoms with van der Waals surface area (Å²) >= 11 is 0. The van der Waals surface area contributed by atoms with E-state index in [0.29, 0.717) is 6.42 Å². The molecule has 0 bridgehead atoms. The minimum atomic E-state index is -1.29. The number of carbonyl (C=O) groups is 1. The molecule has 1 aliphatic carbocycles. The van der Waals surface area contributed by atoms with Gasteiger partial charge in [0.05, 0.1) is 12.0 Å². The van der Waals surface area contributed by atoms with Crippen LogP contribution in [0, 0.1) is 5.41 Å². The molecule has 0 saturated heterocycles. The average molecular weight is 401 g/mol. The molecule has 29 heavy (non-hydrogen) atoms. The van der Waals surface area contributed by atoms with E-state index in [9.17, 15) is 9.90 Å². The number of carboxylic acids is 1. The Kier molecular flexibility index (Phi) is 9.85. The maximum atomic E-state index is 11.1. The van der Waals surface area contributed by atoms with Gasteiger partial charge < -0.3 is 10.2 Å². The van der Waals surface area contributed by atoms with Gasteiger partial charge in [0.15, 0.2) is 0 Å². The van der Waals surface area contributed by atoms with E-state index >= 15 is 0 Å². The van der Waals surface area contributed by atoms with Gasteiger partial charge in [-0.25, -0.2) is 0 Å². The lowest BCUT2D eigenvalue weighted by molar-refractivity contribution is -0.141. The zero-order chi connectivity index (χ0) is 22.1. The van der Waals surface area contributed by atoms with Crippen LogP contribution in [0.25, 0.3) is 0 Å². The summed E-state index contributed by atoms with van der Waals surface area (Å²) in [5, 5.41) is 19.8. The molecule has 1 unspecified atom stereocenters. The highest BCUT2D eigenvalue weighted by Gasteiger charge is 2.27. The third kappa shape index (κ3) is 8.99. The number of hydrogen-bond donors (Lipinski definition) is 2. The summed E-state index contributed by atoms with van der Waals surface area (Å²) < 4.78 is 0. The number of aliphatic hydroxyl groups is 1. The lowest BCUT2D eigenvalue weighted by Gasteiger charge is -2.32. The molecule has 0 aromatic heterocycles. The van der Waals surface area contributed by atoms with Crippen LogP contribution in [-0.4, -0.2) is 21.8 Å². The Labute approximate surface area is 177 Å². The predicted octanol–water partition coefficient (Wildman–Crippen LogP) is 6.91. The second kappa shape index (κ2) is 11.3. The Morgan fingerprint density at radius 1 is 1.21 bits per heavy atom. The Balaban J connectivity index is 2.86. The molecule has 1 aliphatic rings. The smallest absolute Gasteiger partial charge is 0.306 e. The van der Waals surface area contributed by atoms with Gasteiger partial charge in [-0.15, -0.1) is 0 Å². The standard InChI is InChI=1S/C26H40O3/c1-7-8-17-26(29,19-24(27)28)18-21(3)12-9-11-20(2)14-15-23-22(4)13-10-16-25(23,5)6/h9,11-12,14-15,18,29H,7-8,10,13,16-17,19H2,1-6H3,(H,27,28). The first-order chi connectivity index (χ1) is 13.5. The molecule has 0 saturated carbocycles. The summed E-state index contributed by atoms with van der Waals surface area (Å²) in [7, 11) is 0. The molecule has 1 atom stereocenters. The van der Waals surface area contributed by atoms with E-state index in [2.05, 4.69) is 39.8 Å². The number of unbranched alkanes of at least 4 members (excludes halogenated alkanes) is 1. The second-order valence-corrected chi connectivity index (χ2v) is 9.20. The van der Waals surface area contributed by atoms with Gasteiger partial charge in [-0.2, -0.15) is 0 Å². The topological polar surface area (TPSA) is 57.5 Å². The third-order valence-corrected chi connectivity index (χ3v) is 5.69. The highest BCUT2D eigenvalue weighted by Crippen LogP contribution is 2.40. The molecule has 0 aromatic carbocycles. The molecule has 0 aromatic rings. The van der Waals surface area contributed by atoms with Crippen molar-refractivity contribution in [1.82, 2.24) is 0 Å². The van der Waals surface area contributed by atoms with E-state index in [1.807, 2.05) is 32.1 Å². The van der Waals surface area contributed by atoms with Gasteiger partial charge in [-0.05, 0) is 63.5 Å². The summed E-state index contributed by atoms with van der Waals surface area (Å²) in [5.74, 6) is -0.979. The van der Waals surface area contributed by atoms with Crippen LogP contribution < -0.4 is 0 Å². The molecule has 3 heteroatoms. The molecule has 0 aliphatic heterocycles. The molecule has 162 valence electrons. The molecule has 0 radical (unpaired) electrons. The summed E-state index contributed by atoms with van der Waals surface area (Å²) in [6, 6.07) is 0. The van der Waals surface area contributed by atoms with Crippen LogP contribution in [0.4, 0.5) is 0 Å². The molecule has 0 heterocycles. The fourth-order valence-electron chi connectivity index (χ4n) is 4.06. The van der Waals surface area contributed by atoms with Crippen molar-refractivity contribution in [3.05, 3.63) is 58.7 Å². The normalized spacial score (nSPS) is 20.5. The first-order valence-corrected chi connectivity index (χ1v) is 10.9. The monoisotopic (exact) mass is 400 g/mol. The van der Waals surface area contributed by atoms with Crippen molar-refractivity contribution in [2.45, 2.75) is 92.1 Å². The van der Waals surface area contributed by atoms with Crippen molar-refractivity contribution in [3.63, 3.8) is 0 Å². The molecular weight excluding hydrogens is 360 g/mol. The summed E-state index contributed by atoms with van der Waals surface area (Å²) in [6.45, 7) is 12.9. The minimum Gasteiger partial charge on any atom is -0.481 e. The second-order valence-electron chi connectivity index (χ2n) is 9.20. The van der Waals surface area contributed by atoms with E-state index in [-0.39, 0.29) is 11.8 Å². The van der Waals surface area contributed by atoms with Gasteiger partial charge in [0, 0.05) is 0 Å². The Morgan fingerprint density at radius 3 is 2.48 bits per heavy atom. The highest BCUT2D eigenvalue weighted by molar-refractivity contribution is 5.68. The maximum absolute atomic E-state index is 11.1. The van der Waals surface area contributed by atoms with Crippen molar-refractivity contribution in [1.29, 1.82) is 0 Å². The first kappa shape index (κ1) is 25.2. The fourth-order valence-corrected chi connectivity index (χ4v) is 4.06. The average Bonchev–Trinajstić information content (AvgIpc) is 2.58. The summed E-state index contributed by atoms with van der Waals surface area (Å²) in [4.78, 5) is 11.1. The van der Waals surface area contributed by atoms with Gasteiger partial charge in [0.25, 0.3) is 0 Å². The van der Waals surface area contributed by atoms with E-state index in [4.69, 9.17) is 5.11 Å². The van der Waals surface area contributed by atoms with Crippen LogP contribution in [0.3, 0.4) is 0 Å². The maximum Gasteiger partial charge on any atom is 0.306 e. The number of allylic oxidation sites excluding steroid dienone is 9. The van der Waals surface area contributed by atoms with E-state index in [1.165, 1.54) is 30.4 Å². The van der Waals surface area contributed by atoms with Gasteiger partial charge >= 0.3 is 5.97 Å². The molecule has 2 N–H and O–H groups in total. The molecule has 0 amide bonds. The largest absolute Gasteiger partial charge is 0.481 e. The van der Waals surface area contributed by atoms with Crippen molar-refractivity contribution >= 4 is 5.97 Å². The summed E-state index contributed by atoms with van der Waals surface area (Å²) in [6.07, 6.45) is 17.6. The minimum absolute atomic E-state index is 0.237. The van der Waals surface area contributed by atoms with Crippen LogP contribution in [0.2, 0.25) is 0 Å². The number of aliphatic carboxylic acids is 1. The fraction of sp³-hybridized carbons (Fsp3) is 0.577. The first-order valence-electron chi connectivity index (χ1n) is 10.9. The van der Waals surface area contributed by atoms with Crippen LogP contribution in [-0.2, 0) is 4.79 Å². The number of hydrogen-bond acceptors (Lipinski definition) is 2. The van der Waals surface area contributed by atoms with Crippen molar-refractivity contribution < 1.29 is 15.0 Å². The summed E-state index contributed by atoms with van der Waals surface area (Å²) in [5.41, 5.74) is 3.91. The SMILES string of the molecule is CCCCC(O)(C=C(C)C=CC=C(C)C=CC1=C(C)CCCC1(C)C)CC(=O)O. The molecule has 3 nitrogen and oxygen atoms in total. The van der Waals surface area contributed by atoms with Gasteiger partial charge in [-0.1, -0.05) is 80.7 Å². The van der Waals surface area contributed by atoms with E-state index < -0.39 is 11.6 Å². The van der Waals surface area contributed by atoms with Crippen LogP contribution >= 0.6 is 0 Å². The zero-order valence-electron chi connectivity index (χ0n) is 19.2. The Hall–Kier alpha value is -1.87. The molecule has 1 rings (SSSR count). The van der Waals surface area contributed by atoms with Crippen molar-refractivity contribution in [2.75, 3.05) is 0 Å². The Morgan fingerprint density at radius 2 is 1.90 bits per heavy atom. The number of rotatable bonds is 10. The van der Waals surface area contributed by atoms with Gasteiger partial charge in [-0.3, -0.25) is 4.79 Å². The third-order valence-electron chi connectivity index (χ3n) is 5.69. The van der Waals surface area contributed by atoms with E-state index in [0.717, 1.165) is 24.0 Å². The quantitative estimate of drug-likeness (QED) is 0.392. The molecule has 0 fully saturated rings. The van der Waals surface area contributed by atoms with Gasteiger partial charge in [0.1, 0.15) is 0 Å². The molecular formula is C26H40O3. The number of carboxylic acid groups (broad SMARTS) is 1. The van der Waals surface area contributed by atoms with Crippen LogP contribution in [0.15, 0.2) is 58.7 Å². The Bertz CT molecular complexity index is 716. The lowest BCUT2D eigenvalue weighted by atomic mass is 9.72. The predicted molar refractivity (Wildman–Crippen MR) is 123 cm³/mol. The van der Waals surface area contributed by atoms with Gasteiger partial charge in [0.2, 0.25) is 0 Å². The van der Waals surface area contributed by atoms with E-state index in [1.54, 1.807) is 6.08 Å². The van der Waals surface area contributed by atoms with Crippen molar-refractivity contribution in [3.8, 4) is 0 Å². The zero-order valence-corrected chi connectivity index (χ0v) is 19.2. The van der Waals surface area contributed by atoms with Crippen LogP contribution in [0.1, 0.15) is 86.5 Å². The van der Waals surface area contributed by atoms with Crippen molar-refractivity contribution in [2.24, 2.45) is 5.41 Å². The van der Waals surface area contributed by atoms with Crippen LogP contribution in [0.5, 0.6) is 0 Å².